The molecular weight excluding hydrogens is 252 g/mol. The van der Waals surface area contributed by atoms with E-state index in [4.69, 9.17) is 5.73 Å². The first kappa shape index (κ1) is 13.8. The van der Waals surface area contributed by atoms with Crippen molar-refractivity contribution < 1.29 is 9.59 Å². The molecule has 0 aliphatic carbocycles. The lowest BCUT2D eigenvalue weighted by Gasteiger charge is -2.29. The molecule has 1 unspecified atom stereocenters. The Kier molecular flexibility index (Phi) is 4.15. The minimum absolute atomic E-state index is 0.233. The first-order chi connectivity index (χ1) is 9.61. The van der Waals surface area contributed by atoms with Crippen LogP contribution in [-0.4, -0.2) is 11.8 Å². The molecule has 4 heteroatoms. The van der Waals surface area contributed by atoms with Crippen molar-refractivity contribution in [3.8, 4) is 0 Å². The highest BCUT2D eigenvalue weighted by Gasteiger charge is 2.28. The molecule has 2 aromatic carbocycles. The zero-order chi connectivity index (χ0) is 14.5. The van der Waals surface area contributed by atoms with E-state index in [2.05, 4.69) is 0 Å². The van der Waals surface area contributed by atoms with Gasteiger partial charge in [-0.05, 0) is 17.7 Å². The third kappa shape index (κ3) is 2.85. The summed E-state index contributed by atoms with van der Waals surface area (Å²) in [6.45, 7) is 1.42. The van der Waals surface area contributed by atoms with Crippen molar-refractivity contribution in [2.75, 3.05) is 4.90 Å². The summed E-state index contributed by atoms with van der Waals surface area (Å²) in [6.07, 6.45) is 0. The van der Waals surface area contributed by atoms with E-state index in [-0.39, 0.29) is 5.91 Å². The zero-order valence-corrected chi connectivity index (χ0v) is 11.2. The van der Waals surface area contributed by atoms with Crippen molar-refractivity contribution in [3.05, 3.63) is 66.2 Å². The Labute approximate surface area is 117 Å². The molecule has 0 spiro atoms. The number of hydrogen-bond acceptors (Lipinski definition) is 2. The monoisotopic (exact) mass is 268 g/mol. The van der Waals surface area contributed by atoms with Crippen LogP contribution in [0.3, 0.4) is 0 Å². The van der Waals surface area contributed by atoms with Gasteiger partial charge < -0.3 is 5.73 Å². The SMILES string of the molecule is CC(=O)N(c1ccccc1)C(C(N)=O)c1ccccc1. The maximum absolute atomic E-state index is 12.0. The second kappa shape index (κ2) is 6.02. The van der Waals surface area contributed by atoms with E-state index in [1.165, 1.54) is 11.8 Å². The molecule has 20 heavy (non-hydrogen) atoms. The molecule has 0 aliphatic rings. The van der Waals surface area contributed by atoms with Gasteiger partial charge in [0.1, 0.15) is 6.04 Å². The first-order valence-electron chi connectivity index (χ1n) is 6.30. The number of rotatable bonds is 4. The second-order valence-corrected chi connectivity index (χ2v) is 4.44. The number of primary amides is 1. The zero-order valence-electron chi connectivity index (χ0n) is 11.2. The summed E-state index contributed by atoms with van der Waals surface area (Å²) in [6, 6.07) is 17.3. The Morgan fingerprint density at radius 2 is 1.45 bits per heavy atom. The van der Waals surface area contributed by atoms with Crippen molar-refractivity contribution in [1.29, 1.82) is 0 Å². The van der Waals surface area contributed by atoms with Gasteiger partial charge in [-0.2, -0.15) is 0 Å². The van der Waals surface area contributed by atoms with Gasteiger partial charge in [-0.15, -0.1) is 0 Å². The number of nitrogens with two attached hydrogens (primary N) is 1. The standard InChI is InChI=1S/C16H16N2O2/c1-12(19)18(14-10-6-3-7-11-14)15(16(17)20)13-8-4-2-5-9-13/h2-11,15H,1H3,(H2,17,20). The highest BCUT2D eigenvalue weighted by Crippen LogP contribution is 2.27. The van der Waals surface area contributed by atoms with E-state index >= 15 is 0 Å². The average molecular weight is 268 g/mol. The molecular formula is C16H16N2O2. The van der Waals surface area contributed by atoms with Crippen LogP contribution in [0.4, 0.5) is 5.69 Å². The molecule has 0 radical (unpaired) electrons. The summed E-state index contributed by atoms with van der Waals surface area (Å²) in [5.41, 5.74) is 6.85. The predicted molar refractivity (Wildman–Crippen MR) is 78.0 cm³/mol. The molecule has 0 saturated heterocycles. The Bertz CT molecular complexity index is 541. The van der Waals surface area contributed by atoms with Crippen molar-refractivity contribution in [1.82, 2.24) is 0 Å². The highest BCUT2D eigenvalue weighted by molar-refractivity contribution is 5.99. The number of anilines is 1. The number of benzene rings is 2. The minimum Gasteiger partial charge on any atom is -0.368 e. The van der Waals surface area contributed by atoms with Gasteiger partial charge in [0.2, 0.25) is 11.8 Å². The van der Waals surface area contributed by atoms with Crippen LogP contribution in [0, 0.1) is 0 Å². The second-order valence-electron chi connectivity index (χ2n) is 4.44. The fourth-order valence-corrected chi connectivity index (χ4v) is 2.18. The van der Waals surface area contributed by atoms with Gasteiger partial charge in [0.05, 0.1) is 0 Å². The Morgan fingerprint density at radius 3 is 1.90 bits per heavy atom. The van der Waals surface area contributed by atoms with E-state index in [9.17, 15) is 9.59 Å². The van der Waals surface area contributed by atoms with Gasteiger partial charge >= 0.3 is 0 Å². The third-order valence-electron chi connectivity index (χ3n) is 3.02. The first-order valence-corrected chi connectivity index (χ1v) is 6.30. The van der Waals surface area contributed by atoms with Gasteiger partial charge in [-0.3, -0.25) is 14.5 Å². The molecule has 0 aliphatic heterocycles. The Balaban J connectivity index is 2.50. The van der Waals surface area contributed by atoms with Crippen molar-refractivity contribution in [2.45, 2.75) is 13.0 Å². The molecule has 2 N–H and O–H groups in total. The lowest BCUT2D eigenvalue weighted by molar-refractivity contribution is -0.123. The molecule has 0 heterocycles. The van der Waals surface area contributed by atoms with Crippen LogP contribution in [0.5, 0.6) is 0 Å². The van der Waals surface area contributed by atoms with Crippen molar-refractivity contribution in [2.24, 2.45) is 5.73 Å². The summed E-state index contributed by atoms with van der Waals surface area (Å²) in [5.74, 6) is -0.792. The number of carbonyl (C=O) groups is 2. The predicted octanol–water partition coefficient (Wildman–Crippen LogP) is 2.27. The maximum atomic E-state index is 12.0. The van der Waals surface area contributed by atoms with E-state index in [1.807, 2.05) is 36.4 Å². The van der Waals surface area contributed by atoms with Gasteiger partial charge in [0.15, 0.2) is 0 Å². The minimum atomic E-state index is -0.809. The fraction of sp³-hybridized carbons (Fsp3) is 0.125. The van der Waals surface area contributed by atoms with Crippen LogP contribution < -0.4 is 10.6 Å². The average Bonchev–Trinajstić information content (AvgIpc) is 2.45. The lowest BCUT2D eigenvalue weighted by Crippen LogP contribution is -2.40. The van der Waals surface area contributed by atoms with Gasteiger partial charge in [-0.1, -0.05) is 48.5 Å². The number of para-hydroxylation sites is 1. The van der Waals surface area contributed by atoms with Crippen LogP contribution >= 0.6 is 0 Å². The number of hydrogen-bond donors (Lipinski definition) is 1. The number of amides is 2. The Hall–Kier alpha value is -2.62. The maximum Gasteiger partial charge on any atom is 0.245 e. The van der Waals surface area contributed by atoms with E-state index < -0.39 is 11.9 Å². The van der Waals surface area contributed by atoms with Gasteiger partial charge in [-0.25, -0.2) is 0 Å². The van der Waals surface area contributed by atoms with Crippen LogP contribution in [0.25, 0.3) is 0 Å². The quantitative estimate of drug-likeness (QED) is 0.924. The van der Waals surface area contributed by atoms with Crippen LogP contribution in [0.2, 0.25) is 0 Å². The van der Waals surface area contributed by atoms with Crippen molar-refractivity contribution >= 4 is 17.5 Å². The van der Waals surface area contributed by atoms with E-state index in [1.54, 1.807) is 24.3 Å². The number of carbonyl (C=O) groups excluding carboxylic acids is 2. The van der Waals surface area contributed by atoms with Gasteiger partial charge in [0, 0.05) is 12.6 Å². The van der Waals surface area contributed by atoms with E-state index in [0.29, 0.717) is 11.3 Å². The summed E-state index contributed by atoms with van der Waals surface area (Å²) >= 11 is 0. The normalized spacial score (nSPS) is 11.7. The Morgan fingerprint density at radius 1 is 0.950 bits per heavy atom. The largest absolute Gasteiger partial charge is 0.368 e. The molecule has 102 valence electrons. The van der Waals surface area contributed by atoms with Crippen LogP contribution in [0.1, 0.15) is 18.5 Å². The van der Waals surface area contributed by atoms with Crippen molar-refractivity contribution in [3.63, 3.8) is 0 Å². The molecule has 0 saturated carbocycles. The molecule has 2 amide bonds. The van der Waals surface area contributed by atoms with Gasteiger partial charge in [0.25, 0.3) is 0 Å². The lowest BCUT2D eigenvalue weighted by atomic mass is 10.0. The van der Waals surface area contributed by atoms with Crippen LogP contribution in [0.15, 0.2) is 60.7 Å². The molecule has 0 bridgehead atoms. The number of nitrogens with zero attached hydrogens (tertiary/aromatic N) is 1. The summed E-state index contributed by atoms with van der Waals surface area (Å²) in [7, 11) is 0. The van der Waals surface area contributed by atoms with Crippen LogP contribution in [-0.2, 0) is 9.59 Å². The van der Waals surface area contributed by atoms with E-state index in [0.717, 1.165) is 0 Å². The topological polar surface area (TPSA) is 63.4 Å². The molecule has 1 atom stereocenters. The smallest absolute Gasteiger partial charge is 0.245 e. The summed E-state index contributed by atoms with van der Waals surface area (Å²) in [4.78, 5) is 25.2. The molecule has 2 rings (SSSR count). The highest BCUT2D eigenvalue weighted by atomic mass is 16.2. The summed E-state index contributed by atoms with van der Waals surface area (Å²) < 4.78 is 0. The molecule has 4 nitrogen and oxygen atoms in total. The molecule has 0 fully saturated rings. The fourth-order valence-electron chi connectivity index (χ4n) is 2.18. The molecule has 0 aromatic heterocycles. The summed E-state index contributed by atoms with van der Waals surface area (Å²) in [5, 5.41) is 0. The molecule has 2 aromatic rings. The third-order valence-corrected chi connectivity index (χ3v) is 3.02.